The largest absolute Gasteiger partial charge is 0.496 e. The molecule has 1 aromatic carbocycles. The molecule has 0 bridgehead atoms. The van der Waals surface area contributed by atoms with Gasteiger partial charge in [0.2, 0.25) is 5.89 Å². The maximum Gasteiger partial charge on any atom is 0.208 e. The van der Waals surface area contributed by atoms with Crippen LogP contribution in [-0.2, 0) is 6.54 Å². The first-order valence-corrected chi connectivity index (χ1v) is 5.95. The van der Waals surface area contributed by atoms with E-state index in [-0.39, 0.29) is 6.54 Å². The van der Waals surface area contributed by atoms with E-state index in [1.807, 2.05) is 26.0 Å². The van der Waals surface area contributed by atoms with Crippen LogP contribution in [0.25, 0.3) is 11.3 Å². The molecule has 0 aliphatic carbocycles. The van der Waals surface area contributed by atoms with E-state index in [1.165, 1.54) is 0 Å². The number of aromatic nitrogens is 1. The van der Waals surface area contributed by atoms with Gasteiger partial charge in [-0.15, -0.1) is 0 Å². The lowest BCUT2D eigenvalue weighted by atomic mass is 10.1. The number of nitrogens with zero attached hydrogens (tertiary/aromatic N) is 1. The van der Waals surface area contributed by atoms with Gasteiger partial charge in [-0.05, 0) is 31.5 Å². The van der Waals surface area contributed by atoms with Gasteiger partial charge in [-0.3, -0.25) is 0 Å². The number of oxazole rings is 1. The van der Waals surface area contributed by atoms with E-state index in [4.69, 9.17) is 26.5 Å². The van der Waals surface area contributed by atoms with Crippen molar-refractivity contribution in [2.24, 2.45) is 5.73 Å². The number of nitrogens with two attached hydrogens (primary N) is 1. The van der Waals surface area contributed by atoms with Crippen LogP contribution in [0.3, 0.4) is 0 Å². The fraction of sp³-hybridized carbons (Fsp3) is 0.308. The Labute approximate surface area is 111 Å². The van der Waals surface area contributed by atoms with Gasteiger partial charge in [0.15, 0.2) is 0 Å². The normalized spacial score (nSPS) is 10.7. The Balaban J connectivity index is 2.65. The first kappa shape index (κ1) is 12.9. The predicted octanol–water partition coefficient (Wildman–Crippen LogP) is 3.08. The molecule has 1 aromatic heterocycles. The van der Waals surface area contributed by atoms with Crippen LogP contribution in [-0.4, -0.2) is 12.1 Å². The number of ether oxygens (including phenoxy) is 1. The number of rotatable bonds is 3. The van der Waals surface area contributed by atoms with Gasteiger partial charge in [0, 0.05) is 10.6 Å². The van der Waals surface area contributed by atoms with Crippen molar-refractivity contribution in [3.63, 3.8) is 0 Å². The summed E-state index contributed by atoms with van der Waals surface area (Å²) < 4.78 is 10.9. The van der Waals surface area contributed by atoms with Gasteiger partial charge >= 0.3 is 0 Å². The summed E-state index contributed by atoms with van der Waals surface area (Å²) in [7, 11) is 1.62. The molecule has 5 heteroatoms. The number of halogens is 1. The Bertz CT molecular complexity index is 579. The predicted molar refractivity (Wildman–Crippen MR) is 70.9 cm³/mol. The molecule has 0 aliphatic rings. The third kappa shape index (κ3) is 2.21. The maximum absolute atomic E-state index is 6.08. The molecule has 0 saturated carbocycles. The Hall–Kier alpha value is -1.52. The molecule has 0 amide bonds. The van der Waals surface area contributed by atoms with Crippen LogP contribution >= 0.6 is 11.6 Å². The summed E-state index contributed by atoms with van der Waals surface area (Å²) in [6.07, 6.45) is 0. The highest BCUT2D eigenvalue weighted by Crippen LogP contribution is 2.36. The summed E-state index contributed by atoms with van der Waals surface area (Å²) in [6.45, 7) is 4.05. The van der Waals surface area contributed by atoms with E-state index >= 15 is 0 Å². The van der Waals surface area contributed by atoms with E-state index in [0.29, 0.717) is 16.7 Å². The quantitative estimate of drug-likeness (QED) is 0.927. The fourth-order valence-corrected chi connectivity index (χ4v) is 2.24. The second kappa shape index (κ2) is 5.00. The minimum absolute atomic E-state index is 0.267. The van der Waals surface area contributed by atoms with Crippen LogP contribution in [0.1, 0.15) is 17.2 Å². The number of methoxy groups -OCH3 is 1. The molecule has 2 N–H and O–H groups in total. The van der Waals surface area contributed by atoms with Gasteiger partial charge in [-0.1, -0.05) is 11.6 Å². The summed E-state index contributed by atoms with van der Waals surface area (Å²) in [5, 5.41) is 0.639. The van der Waals surface area contributed by atoms with Crippen LogP contribution < -0.4 is 10.5 Å². The summed E-state index contributed by atoms with van der Waals surface area (Å²) in [6, 6.07) is 3.67. The molecule has 4 nitrogen and oxygen atoms in total. The molecule has 0 aliphatic heterocycles. The molecule has 0 spiro atoms. The van der Waals surface area contributed by atoms with Crippen molar-refractivity contribution in [1.82, 2.24) is 4.98 Å². The standard InChI is InChI=1S/C13H15ClN2O2/c1-7-4-9(14)5-10(13(7)17-3)12-8(2)18-11(6-15)16-12/h4-5H,6,15H2,1-3H3. The van der Waals surface area contributed by atoms with Crippen LogP contribution in [0.4, 0.5) is 0 Å². The first-order chi connectivity index (χ1) is 8.56. The van der Waals surface area contributed by atoms with Gasteiger partial charge in [-0.25, -0.2) is 4.98 Å². The number of aryl methyl sites for hydroxylation is 2. The zero-order valence-corrected chi connectivity index (χ0v) is 11.3. The third-order valence-corrected chi connectivity index (χ3v) is 2.93. The minimum atomic E-state index is 0.267. The maximum atomic E-state index is 6.08. The van der Waals surface area contributed by atoms with Crippen LogP contribution in [0.15, 0.2) is 16.5 Å². The van der Waals surface area contributed by atoms with Crippen LogP contribution in [0.5, 0.6) is 5.75 Å². The van der Waals surface area contributed by atoms with E-state index in [2.05, 4.69) is 4.98 Å². The van der Waals surface area contributed by atoms with Gasteiger partial charge in [0.05, 0.1) is 13.7 Å². The van der Waals surface area contributed by atoms with E-state index in [0.717, 1.165) is 22.6 Å². The van der Waals surface area contributed by atoms with Gasteiger partial charge in [-0.2, -0.15) is 0 Å². The lowest BCUT2D eigenvalue weighted by Gasteiger charge is -2.10. The molecule has 1 heterocycles. The van der Waals surface area contributed by atoms with Gasteiger partial charge in [0.1, 0.15) is 17.2 Å². The molecule has 0 unspecified atom stereocenters. The van der Waals surface area contributed by atoms with E-state index in [1.54, 1.807) is 7.11 Å². The zero-order valence-electron chi connectivity index (χ0n) is 10.6. The van der Waals surface area contributed by atoms with Crippen molar-refractivity contribution in [2.75, 3.05) is 7.11 Å². The van der Waals surface area contributed by atoms with Crippen molar-refractivity contribution < 1.29 is 9.15 Å². The van der Waals surface area contributed by atoms with E-state index in [9.17, 15) is 0 Å². The number of hydrogen-bond acceptors (Lipinski definition) is 4. The number of benzene rings is 1. The van der Waals surface area contributed by atoms with Crippen LogP contribution in [0, 0.1) is 13.8 Å². The Morgan fingerprint density at radius 3 is 2.67 bits per heavy atom. The SMILES string of the molecule is COc1c(C)cc(Cl)cc1-c1nc(CN)oc1C. The molecule has 96 valence electrons. The second-order valence-corrected chi connectivity index (χ2v) is 4.46. The highest BCUT2D eigenvalue weighted by Gasteiger charge is 2.17. The number of hydrogen-bond donors (Lipinski definition) is 1. The molecule has 18 heavy (non-hydrogen) atoms. The van der Waals surface area contributed by atoms with Crippen molar-refractivity contribution in [3.8, 4) is 17.0 Å². The Morgan fingerprint density at radius 1 is 1.39 bits per heavy atom. The van der Waals surface area contributed by atoms with Gasteiger partial charge in [0.25, 0.3) is 0 Å². The summed E-state index contributed by atoms with van der Waals surface area (Å²) in [4.78, 5) is 4.36. The summed E-state index contributed by atoms with van der Waals surface area (Å²) >= 11 is 6.08. The lowest BCUT2D eigenvalue weighted by Crippen LogP contribution is -1.96. The molecule has 2 aromatic rings. The molecular formula is C13H15ClN2O2. The topological polar surface area (TPSA) is 61.3 Å². The first-order valence-electron chi connectivity index (χ1n) is 5.57. The summed E-state index contributed by atoms with van der Waals surface area (Å²) in [5.74, 6) is 1.96. The van der Waals surface area contributed by atoms with Crippen molar-refractivity contribution >= 4 is 11.6 Å². The molecular weight excluding hydrogens is 252 g/mol. The van der Waals surface area contributed by atoms with Crippen LogP contribution in [0.2, 0.25) is 5.02 Å². The average molecular weight is 267 g/mol. The average Bonchev–Trinajstić information content (AvgIpc) is 2.69. The molecule has 0 fully saturated rings. The van der Waals surface area contributed by atoms with Crippen molar-refractivity contribution in [1.29, 1.82) is 0 Å². The van der Waals surface area contributed by atoms with Gasteiger partial charge < -0.3 is 14.9 Å². The third-order valence-electron chi connectivity index (χ3n) is 2.71. The van der Waals surface area contributed by atoms with Crippen molar-refractivity contribution in [3.05, 3.63) is 34.4 Å². The highest BCUT2D eigenvalue weighted by molar-refractivity contribution is 6.31. The highest BCUT2D eigenvalue weighted by atomic mass is 35.5. The Morgan fingerprint density at radius 2 is 2.11 bits per heavy atom. The molecule has 0 radical (unpaired) electrons. The monoisotopic (exact) mass is 266 g/mol. The van der Waals surface area contributed by atoms with E-state index < -0.39 is 0 Å². The molecule has 0 atom stereocenters. The fourth-order valence-electron chi connectivity index (χ4n) is 1.97. The molecule has 2 rings (SSSR count). The smallest absolute Gasteiger partial charge is 0.208 e. The van der Waals surface area contributed by atoms with Crippen molar-refractivity contribution in [2.45, 2.75) is 20.4 Å². The summed E-state index contributed by atoms with van der Waals surface area (Å²) in [5.41, 5.74) is 8.03. The minimum Gasteiger partial charge on any atom is -0.496 e. The second-order valence-electron chi connectivity index (χ2n) is 4.02. The zero-order chi connectivity index (χ0) is 13.3. The lowest BCUT2D eigenvalue weighted by molar-refractivity contribution is 0.413. The molecule has 0 saturated heterocycles. The Kier molecular flexibility index (Phi) is 3.59.